The molecule has 0 bridgehead atoms. The summed E-state index contributed by atoms with van der Waals surface area (Å²) in [5.41, 5.74) is 10.0. The van der Waals surface area contributed by atoms with Crippen molar-refractivity contribution in [2.24, 2.45) is 5.73 Å². The monoisotopic (exact) mass is 299 g/mol. The minimum atomic E-state index is 0.354. The van der Waals surface area contributed by atoms with E-state index >= 15 is 0 Å². The van der Waals surface area contributed by atoms with E-state index in [0.29, 0.717) is 16.7 Å². The van der Waals surface area contributed by atoms with Crippen LogP contribution in [0.3, 0.4) is 0 Å². The first-order chi connectivity index (χ1) is 9.88. The smallest absolute Gasteiger partial charge is 0.137 e. The molecule has 110 valence electrons. The molecule has 0 unspecified atom stereocenters. The number of thiocarbonyl (C=S) groups is 1. The minimum Gasteiger partial charge on any atom is -0.456 e. The highest BCUT2D eigenvalue weighted by Crippen LogP contribution is 2.33. The average Bonchev–Trinajstić information content (AvgIpc) is 2.40. The highest BCUT2D eigenvalue weighted by molar-refractivity contribution is 7.80. The van der Waals surface area contributed by atoms with Gasteiger partial charge in [0, 0.05) is 0 Å². The van der Waals surface area contributed by atoms with Crippen molar-refractivity contribution in [1.82, 2.24) is 0 Å². The summed E-state index contributed by atoms with van der Waals surface area (Å²) in [6.07, 6.45) is 0. The van der Waals surface area contributed by atoms with Crippen molar-refractivity contribution in [2.45, 2.75) is 33.6 Å². The van der Waals surface area contributed by atoms with Crippen molar-refractivity contribution in [1.29, 1.82) is 0 Å². The Bertz CT molecular complexity index is 677. The Balaban J connectivity index is 2.47. The molecule has 2 N–H and O–H groups in total. The van der Waals surface area contributed by atoms with Crippen LogP contribution in [0.15, 0.2) is 36.4 Å². The lowest BCUT2D eigenvalue weighted by atomic mass is 10.0. The Morgan fingerprint density at radius 1 is 1.00 bits per heavy atom. The van der Waals surface area contributed by atoms with Crippen LogP contribution in [0.4, 0.5) is 0 Å². The number of hydrogen-bond donors (Lipinski definition) is 1. The van der Waals surface area contributed by atoms with Gasteiger partial charge in [-0.05, 0) is 49.1 Å². The number of benzene rings is 2. The van der Waals surface area contributed by atoms with Crippen molar-refractivity contribution in [3.05, 3.63) is 58.7 Å². The number of rotatable bonds is 4. The minimum absolute atomic E-state index is 0.354. The summed E-state index contributed by atoms with van der Waals surface area (Å²) in [5.74, 6) is 1.96. The summed E-state index contributed by atoms with van der Waals surface area (Å²) < 4.78 is 6.13. The molecule has 0 aliphatic carbocycles. The van der Waals surface area contributed by atoms with Crippen LogP contribution in [0.5, 0.6) is 11.5 Å². The third kappa shape index (κ3) is 3.61. The van der Waals surface area contributed by atoms with E-state index in [0.717, 1.165) is 16.9 Å². The van der Waals surface area contributed by atoms with E-state index in [-0.39, 0.29) is 0 Å². The normalized spacial score (nSPS) is 10.7. The van der Waals surface area contributed by atoms with E-state index in [2.05, 4.69) is 39.0 Å². The van der Waals surface area contributed by atoms with Crippen molar-refractivity contribution in [3.8, 4) is 11.5 Å². The lowest BCUT2D eigenvalue weighted by Gasteiger charge is -2.17. The molecular weight excluding hydrogens is 278 g/mol. The van der Waals surface area contributed by atoms with Gasteiger partial charge in [-0.3, -0.25) is 0 Å². The van der Waals surface area contributed by atoms with Crippen LogP contribution in [-0.4, -0.2) is 4.99 Å². The molecule has 0 atom stereocenters. The zero-order chi connectivity index (χ0) is 15.6. The molecule has 0 fully saturated rings. The van der Waals surface area contributed by atoms with E-state index in [4.69, 9.17) is 22.7 Å². The fourth-order valence-electron chi connectivity index (χ4n) is 2.25. The van der Waals surface area contributed by atoms with Crippen molar-refractivity contribution < 1.29 is 4.74 Å². The van der Waals surface area contributed by atoms with E-state index in [1.807, 2.05) is 25.1 Å². The fraction of sp³-hybridized carbons (Fsp3) is 0.278. The molecule has 0 saturated heterocycles. The Hall–Kier alpha value is -1.87. The highest BCUT2D eigenvalue weighted by atomic mass is 32.1. The van der Waals surface area contributed by atoms with E-state index < -0.39 is 0 Å². The highest BCUT2D eigenvalue weighted by Gasteiger charge is 2.12. The van der Waals surface area contributed by atoms with Gasteiger partial charge < -0.3 is 10.5 Å². The van der Waals surface area contributed by atoms with Crippen molar-refractivity contribution in [3.63, 3.8) is 0 Å². The molecule has 0 spiro atoms. The quantitative estimate of drug-likeness (QED) is 0.819. The van der Waals surface area contributed by atoms with E-state index in [1.165, 1.54) is 11.1 Å². The van der Waals surface area contributed by atoms with Gasteiger partial charge in [-0.25, -0.2) is 0 Å². The molecule has 2 rings (SSSR count). The van der Waals surface area contributed by atoms with Crippen LogP contribution in [0, 0.1) is 13.8 Å². The molecule has 0 aliphatic heterocycles. The molecule has 0 amide bonds. The summed E-state index contributed by atoms with van der Waals surface area (Å²) in [6, 6.07) is 12.2. The predicted molar refractivity (Wildman–Crippen MR) is 92.4 cm³/mol. The predicted octanol–water partition coefficient (Wildman–Crippen LogP) is 4.85. The molecule has 0 heterocycles. The Kier molecular flexibility index (Phi) is 4.63. The van der Waals surface area contributed by atoms with Gasteiger partial charge in [0.25, 0.3) is 0 Å². The topological polar surface area (TPSA) is 35.2 Å². The van der Waals surface area contributed by atoms with Crippen molar-refractivity contribution in [2.75, 3.05) is 0 Å². The largest absolute Gasteiger partial charge is 0.456 e. The molecule has 0 saturated carbocycles. The molecule has 21 heavy (non-hydrogen) atoms. The number of ether oxygens (including phenoxy) is 1. The summed E-state index contributed by atoms with van der Waals surface area (Å²) in [6.45, 7) is 8.38. The lowest BCUT2D eigenvalue weighted by molar-refractivity contribution is 0.471. The molecule has 0 aromatic heterocycles. The zero-order valence-corrected chi connectivity index (χ0v) is 13.8. The molecule has 2 nitrogen and oxygen atoms in total. The third-order valence-corrected chi connectivity index (χ3v) is 3.63. The van der Waals surface area contributed by atoms with E-state index in [9.17, 15) is 0 Å². The molecule has 0 aliphatic rings. The maximum atomic E-state index is 6.13. The van der Waals surface area contributed by atoms with Crippen LogP contribution in [0.2, 0.25) is 0 Å². The van der Waals surface area contributed by atoms with Gasteiger partial charge in [0.05, 0.1) is 5.56 Å². The van der Waals surface area contributed by atoms with Crippen LogP contribution in [-0.2, 0) is 0 Å². The van der Waals surface area contributed by atoms with Crippen molar-refractivity contribution >= 4 is 17.2 Å². The van der Waals surface area contributed by atoms with E-state index in [1.54, 1.807) is 0 Å². The maximum absolute atomic E-state index is 6.13. The summed E-state index contributed by atoms with van der Waals surface area (Å²) in [7, 11) is 0. The standard InChI is InChI=1S/C18H21NOS/c1-11(2)14-7-5-13(4)10-17(14)20-16-8-6-12(3)9-15(16)18(19)21/h5-11H,1-4H3,(H2,19,21). The summed E-state index contributed by atoms with van der Waals surface area (Å²) in [5, 5.41) is 0. The second-order valence-electron chi connectivity index (χ2n) is 5.66. The van der Waals surface area contributed by atoms with Gasteiger partial charge in [0.2, 0.25) is 0 Å². The first-order valence-electron chi connectivity index (χ1n) is 7.07. The lowest BCUT2D eigenvalue weighted by Crippen LogP contribution is -2.11. The van der Waals surface area contributed by atoms with Gasteiger partial charge in [-0.2, -0.15) is 0 Å². The van der Waals surface area contributed by atoms with Crippen LogP contribution in [0.1, 0.15) is 42.0 Å². The van der Waals surface area contributed by atoms with Gasteiger partial charge in [0.15, 0.2) is 0 Å². The zero-order valence-electron chi connectivity index (χ0n) is 12.9. The van der Waals surface area contributed by atoms with Crippen LogP contribution >= 0.6 is 12.2 Å². The summed E-state index contributed by atoms with van der Waals surface area (Å²) in [4.78, 5) is 0.354. The second-order valence-corrected chi connectivity index (χ2v) is 6.10. The molecule has 3 heteroatoms. The van der Waals surface area contributed by atoms with Gasteiger partial charge >= 0.3 is 0 Å². The van der Waals surface area contributed by atoms with Gasteiger partial charge in [-0.15, -0.1) is 0 Å². The molecular formula is C18H21NOS. The first-order valence-corrected chi connectivity index (χ1v) is 7.48. The molecule has 2 aromatic rings. The number of nitrogens with two attached hydrogens (primary N) is 1. The van der Waals surface area contributed by atoms with Gasteiger partial charge in [-0.1, -0.05) is 49.8 Å². The second kappa shape index (κ2) is 6.27. The Labute approximate surface area is 131 Å². The average molecular weight is 299 g/mol. The third-order valence-electron chi connectivity index (χ3n) is 3.41. The van der Waals surface area contributed by atoms with Crippen LogP contribution in [0.25, 0.3) is 0 Å². The maximum Gasteiger partial charge on any atom is 0.137 e. The SMILES string of the molecule is Cc1ccc(C(C)C)c(Oc2ccc(C)cc2C(N)=S)c1. The number of hydrogen-bond acceptors (Lipinski definition) is 2. The first kappa shape index (κ1) is 15.5. The molecule has 0 radical (unpaired) electrons. The van der Waals surface area contributed by atoms with Gasteiger partial charge in [0.1, 0.15) is 16.5 Å². The fourth-order valence-corrected chi connectivity index (χ4v) is 2.41. The number of aryl methyl sites for hydroxylation is 2. The van der Waals surface area contributed by atoms with Crippen LogP contribution < -0.4 is 10.5 Å². The Morgan fingerprint density at radius 2 is 1.62 bits per heavy atom. The summed E-state index contributed by atoms with van der Waals surface area (Å²) >= 11 is 5.13. The molecule has 2 aromatic carbocycles. The Morgan fingerprint density at radius 3 is 2.24 bits per heavy atom.